The van der Waals surface area contributed by atoms with Crippen LogP contribution in [0.25, 0.3) is 0 Å². The minimum absolute atomic E-state index is 0.274. The minimum atomic E-state index is 0.274. The average Bonchev–Trinajstić information content (AvgIpc) is 2.38. The third kappa shape index (κ3) is 4.64. The Bertz CT molecular complexity index is 436. The molecule has 1 heterocycles. The van der Waals surface area contributed by atoms with Crippen molar-refractivity contribution in [3.63, 3.8) is 0 Å². The van der Waals surface area contributed by atoms with Gasteiger partial charge in [0.15, 0.2) is 0 Å². The number of nitrogens with zero attached hydrogens (tertiary/aromatic N) is 2. The van der Waals surface area contributed by atoms with Gasteiger partial charge in [0.05, 0.1) is 6.54 Å². The van der Waals surface area contributed by atoms with Crippen molar-refractivity contribution >= 4 is 5.91 Å². The quantitative estimate of drug-likeness (QED) is 0.843. The Morgan fingerprint density at radius 1 is 1.10 bits per heavy atom. The molecule has 110 valence electrons. The molecule has 0 spiro atoms. The second kappa shape index (κ2) is 6.40. The van der Waals surface area contributed by atoms with Gasteiger partial charge in [-0.2, -0.15) is 0 Å². The molecule has 1 aliphatic rings. The number of piperazine rings is 1. The molecule has 3 nitrogen and oxygen atoms in total. The first kappa shape index (κ1) is 15.0. The highest BCUT2D eigenvalue weighted by atomic mass is 16.2. The van der Waals surface area contributed by atoms with Gasteiger partial charge in [-0.3, -0.25) is 9.69 Å². The summed E-state index contributed by atoms with van der Waals surface area (Å²) >= 11 is 0. The van der Waals surface area contributed by atoms with Gasteiger partial charge in [-0.1, -0.05) is 51.1 Å². The zero-order valence-corrected chi connectivity index (χ0v) is 12.9. The van der Waals surface area contributed by atoms with Crippen LogP contribution < -0.4 is 0 Å². The van der Waals surface area contributed by atoms with Crippen molar-refractivity contribution in [3.05, 3.63) is 35.9 Å². The van der Waals surface area contributed by atoms with Crippen LogP contribution in [0, 0.1) is 5.41 Å². The Hall–Kier alpha value is -1.35. The third-order valence-corrected chi connectivity index (χ3v) is 3.78. The van der Waals surface area contributed by atoms with Gasteiger partial charge in [0.2, 0.25) is 5.91 Å². The van der Waals surface area contributed by atoms with Crippen molar-refractivity contribution in [1.29, 1.82) is 0 Å². The summed E-state index contributed by atoms with van der Waals surface area (Å²) in [6, 6.07) is 10.4. The van der Waals surface area contributed by atoms with Crippen LogP contribution in [0.15, 0.2) is 30.3 Å². The Kier molecular flexibility index (Phi) is 4.81. The molecule has 0 aromatic heterocycles. The number of benzene rings is 1. The molecule has 1 aliphatic heterocycles. The summed E-state index contributed by atoms with van der Waals surface area (Å²) in [6.45, 7) is 10.8. The number of amides is 1. The normalized spacial score (nSPS) is 17.6. The standard InChI is InChI=1S/C17H26N2O/c1-17(2,3)9-10-19-12-11-18(14-16(19)20)13-15-7-5-4-6-8-15/h4-8H,9-14H2,1-3H3. The van der Waals surface area contributed by atoms with Crippen LogP contribution in [0.3, 0.4) is 0 Å². The lowest BCUT2D eigenvalue weighted by atomic mass is 9.92. The summed E-state index contributed by atoms with van der Waals surface area (Å²) in [5.74, 6) is 0.274. The van der Waals surface area contributed by atoms with E-state index in [0.717, 1.165) is 32.6 Å². The van der Waals surface area contributed by atoms with Gasteiger partial charge in [-0.25, -0.2) is 0 Å². The van der Waals surface area contributed by atoms with E-state index in [1.54, 1.807) is 0 Å². The monoisotopic (exact) mass is 274 g/mol. The number of hydrogen-bond donors (Lipinski definition) is 0. The molecule has 0 unspecified atom stereocenters. The highest BCUT2D eigenvalue weighted by Gasteiger charge is 2.24. The zero-order valence-electron chi connectivity index (χ0n) is 12.9. The maximum absolute atomic E-state index is 12.2. The molecule has 20 heavy (non-hydrogen) atoms. The van der Waals surface area contributed by atoms with Gasteiger partial charge < -0.3 is 4.90 Å². The number of rotatable bonds is 4. The summed E-state index contributed by atoms with van der Waals surface area (Å²) < 4.78 is 0. The second-order valence-corrected chi connectivity index (χ2v) is 6.89. The van der Waals surface area contributed by atoms with Crippen molar-refractivity contribution in [2.75, 3.05) is 26.2 Å². The molecule has 1 aromatic carbocycles. The number of carbonyl (C=O) groups excluding carboxylic acids is 1. The lowest BCUT2D eigenvalue weighted by molar-refractivity contribution is -0.136. The fourth-order valence-corrected chi connectivity index (χ4v) is 2.44. The Balaban J connectivity index is 1.82. The van der Waals surface area contributed by atoms with E-state index in [1.165, 1.54) is 5.56 Å². The summed E-state index contributed by atoms with van der Waals surface area (Å²) in [6.07, 6.45) is 1.07. The predicted octanol–water partition coefficient (Wildman–Crippen LogP) is 2.77. The van der Waals surface area contributed by atoms with E-state index in [1.807, 2.05) is 11.0 Å². The van der Waals surface area contributed by atoms with Crippen molar-refractivity contribution in [3.8, 4) is 0 Å². The van der Waals surface area contributed by atoms with E-state index in [9.17, 15) is 4.79 Å². The molecule has 2 rings (SSSR count). The summed E-state index contributed by atoms with van der Waals surface area (Å²) in [7, 11) is 0. The van der Waals surface area contributed by atoms with Gasteiger partial charge in [0.25, 0.3) is 0 Å². The summed E-state index contributed by atoms with van der Waals surface area (Å²) in [5, 5.41) is 0. The zero-order chi connectivity index (χ0) is 14.6. The molecule has 0 saturated carbocycles. The van der Waals surface area contributed by atoms with Crippen LogP contribution >= 0.6 is 0 Å². The maximum Gasteiger partial charge on any atom is 0.236 e. The van der Waals surface area contributed by atoms with Crippen LogP contribution in [0.1, 0.15) is 32.8 Å². The highest BCUT2D eigenvalue weighted by molar-refractivity contribution is 5.79. The van der Waals surface area contributed by atoms with Crippen LogP contribution in [0.2, 0.25) is 0 Å². The van der Waals surface area contributed by atoms with Crippen LogP contribution in [-0.2, 0) is 11.3 Å². The first-order chi connectivity index (χ1) is 9.44. The Morgan fingerprint density at radius 3 is 2.40 bits per heavy atom. The predicted molar refractivity (Wildman–Crippen MR) is 82.4 cm³/mol. The van der Waals surface area contributed by atoms with Crippen molar-refractivity contribution in [2.24, 2.45) is 5.41 Å². The summed E-state index contributed by atoms with van der Waals surface area (Å²) in [4.78, 5) is 16.5. The van der Waals surface area contributed by atoms with Gasteiger partial charge in [0.1, 0.15) is 0 Å². The lowest BCUT2D eigenvalue weighted by Gasteiger charge is -2.35. The molecule has 1 saturated heterocycles. The van der Waals surface area contributed by atoms with E-state index < -0.39 is 0 Å². The van der Waals surface area contributed by atoms with Crippen molar-refractivity contribution in [2.45, 2.75) is 33.7 Å². The van der Waals surface area contributed by atoms with E-state index in [4.69, 9.17) is 0 Å². The van der Waals surface area contributed by atoms with Gasteiger partial charge in [0, 0.05) is 26.2 Å². The molecular formula is C17H26N2O. The summed E-state index contributed by atoms with van der Waals surface area (Å²) in [5.41, 5.74) is 1.57. The van der Waals surface area contributed by atoms with E-state index in [2.05, 4.69) is 49.9 Å². The average molecular weight is 274 g/mol. The fourth-order valence-electron chi connectivity index (χ4n) is 2.44. The first-order valence-corrected chi connectivity index (χ1v) is 7.48. The van der Waals surface area contributed by atoms with E-state index in [0.29, 0.717) is 12.0 Å². The van der Waals surface area contributed by atoms with Crippen LogP contribution in [-0.4, -0.2) is 41.9 Å². The molecule has 0 aliphatic carbocycles. The van der Waals surface area contributed by atoms with Crippen molar-refractivity contribution < 1.29 is 4.79 Å². The maximum atomic E-state index is 12.2. The smallest absolute Gasteiger partial charge is 0.236 e. The van der Waals surface area contributed by atoms with Crippen LogP contribution in [0.5, 0.6) is 0 Å². The lowest BCUT2D eigenvalue weighted by Crippen LogP contribution is -2.50. The molecule has 0 atom stereocenters. The topological polar surface area (TPSA) is 23.6 Å². The van der Waals surface area contributed by atoms with Gasteiger partial charge >= 0.3 is 0 Å². The number of hydrogen-bond acceptors (Lipinski definition) is 2. The fraction of sp³-hybridized carbons (Fsp3) is 0.588. The molecule has 1 amide bonds. The SMILES string of the molecule is CC(C)(C)CCN1CCN(Cc2ccccc2)CC1=O. The minimum Gasteiger partial charge on any atom is -0.340 e. The Morgan fingerprint density at radius 2 is 1.80 bits per heavy atom. The molecular weight excluding hydrogens is 248 g/mol. The molecule has 0 bridgehead atoms. The van der Waals surface area contributed by atoms with Crippen LogP contribution in [0.4, 0.5) is 0 Å². The molecule has 3 heteroatoms. The Labute approximate surface area is 122 Å². The molecule has 0 radical (unpaired) electrons. The van der Waals surface area contributed by atoms with Gasteiger partial charge in [-0.05, 0) is 17.4 Å². The second-order valence-electron chi connectivity index (χ2n) is 6.89. The molecule has 1 fully saturated rings. The number of carbonyl (C=O) groups is 1. The molecule has 0 N–H and O–H groups in total. The first-order valence-electron chi connectivity index (χ1n) is 7.48. The third-order valence-electron chi connectivity index (χ3n) is 3.78. The van der Waals surface area contributed by atoms with Gasteiger partial charge in [-0.15, -0.1) is 0 Å². The highest BCUT2D eigenvalue weighted by Crippen LogP contribution is 2.19. The molecule has 1 aromatic rings. The largest absolute Gasteiger partial charge is 0.340 e. The van der Waals surface area contributed by atoms with E-state index in [-0.39, 0.29) is 5.91 Å². The van der Waals surface area contributed by atoms with E-state index >= 15 is 0 Å². The van der Waals surface area contributed by atoms with Crippen molar-refractivity contribution in [1.82, 2.24) is 9.80 Å².